The second-order valence-electron chi connectivity index (χ2n) is 7.57. The Hall–Kier alpha value is -3.28. The molecular weight excluding hydrogens is 380 g/mol. The smallest absolute Gasteiger partial charge is 0.230 e. The first-order chi connectivity index (χ1) is 14.6. The van der Waals surface area contributed by atoms with Crippen molar-refractivity contribution in [3.63, 3.8) is 0 Å². The molecule has 0 unspecified atom stereocenters. The Morgan fingerprint density at radius 2 is 1.77 bits per heavy atom. The van der Waals surface area contributed by atoms with Crippen LogP contribution in [0, 0.1) is 0 Å². The maximum atomic E-state index is 12.8. The Balaban J connectivity index is 1.41. The van der Waals surface area contributed by atoms with Crippen LogP contribution < -0.4 is 9.47 Å². The van der Waals surface area contributed by atoms with Gasteiger partial charge in [-0.25, -0.2) is 0 Å². The Bertz CT molecular complexity index is 999. The minimum atomic E-state index is -0.0333. The molecule has 2 heterocycles. The van der Waals surface area contributed by atoms with Crippen molar-refractivity contribution >= 4 is 17.9 Å². The summed E-state index contributed by atoms with van der Waals surface area (Å²) in [6.07, 6.45) is 5.10. The largest absolute Gasteiger partial charge is 0.493 e. The predicted octanol–water partition coefficient (Wildman–Crippen LogP) is 3.03. The van der Waals surface area contributed by atoms with Gasteiger partial charge in [0.25, 0.3) is 0 Å². The van der Waals surface area contributed by atoms with E-state index in [1.54, 1.807) is 25.3 Å². The summed E-state index contributed by atoms with van der Waals surface area (Å²) in [6.45, 7) is 1.74. The number of rotatable bonds is 5. The molecule has 0 fully saturated rings. The van der Waals surface area contributed by atoms with Crippen LogP contribution in [0.1, 0.15) is 28.7 Å². The molecule has 0 bridgehead atoms. The zero-order valence-corrected chi connectivity index (χ0v) is 17.4. The average Bonchev–Trinajstić information content (AvgIpc) is 2.93. The summed E-state index contributed by atoms with van der Waals surface area (Å²) in [5, 5.41) is 0. The molecule has 2 aromatic rings. The number of carbonyl (C=O) groups excluding carboxylic acids is 2. The quantitative estimate of drug-likeness (QED) is 0.766. The first-order valence-corrected chi connectivity index (χ1v) is 10.2. The van der Waals surface area contributed by atoms with Crippen molar-refractivity contribution in [3.05, 3.63) is 64.9 Å². The highest BCUT2D eigenvalue weighted by atomic mass is 16.5. The molecule has 0 radical (unpaired) electrons. The second-order valence-corrected chi connectivity index (χ2v) is 7.57. The predicted molar refractivity (Wildman–Crippen MR) is 114 cm³/mol. The summed E-state index contributed by atoms with van der Waals surface area (Å²) < 4.78 is 10.7. The van der Waals surface area contributed by atoms with Crippen molar-refractivity contribution < 1.29 is 19.1 Å². The summed E-state index contributed by atoms with van der Waals surface area (Å²) in [5.74, 6) is 1.28. The van der Waals surface area contributed by atoms with E-state index in [2.05, 4.69) is 12.1 Å². The molecule has 0 aliphatic carbocycles. The number of hydrogen-bond donors (Lipinski definition) is 0. The fourth-order valence-corrected chi connectivity index (χ4v) is 4.04. The van der Waals surface area contributed by atoms with E-state index in [0.29, 0.717) is 31.0 Å². The van der Waals surface area contributed by atoms with Crippen molar-refractivity contribution in [2.24, 2.45) is 0 Å². The molecule has 6 nitrogen and oxygen atoms in total. The van der Waals surface area contributed by atoms with Gasteiger partial charge >= 0.3 is 0 Å². The first kappa shape index (κ1) is 20.0. The van der Waals surface area contributed by atoms with Crippen LogP contribution in [0.25, 0.3) is 6.08 Å². The highest BCUT2D eigenvalue weighted by Crippen LogP contribution is 2.32. The third-order valence-corrected chi connectivity index (χ3v) is 5.79. The lowest BCUT2D eigenvalue weighted by atomic mass is 10.00. The maximum absolute atomic E-state index is 12.8. The minimum Gasteiger partial charge on any atom is -0.493 e. The Morgan fingerprint density at radius 1 is 1.03 bits per heavy atom. The molecule has 30 heavy (non-hydrogen) atoms. The summed E-state index contributed by atoms with van der Waals surface area (Å²) in [6, 6.07) is 12.0. The minimum absolute atomic E-state index is 0.0333. The van der Waals surface area contributed by atoms with Crippen LogP contribution in [0.15, 0.2) is 42.6 Å². The summed E-state index contributed by atoms with van der Waals surface area (Å²) in [4.78, 5) is 29.0. The van der Waals surface area contributed by atoms with Crippen LogP contribution in [0.2, 0.25) is 0 Å². The van der Waals surface area contributed by atoms with Gasteiger partial charge < -0.3 is 19.3 Å². The summed E-state index contributed by atoms with van der Waals surface area (Å²) >= 11 is 0. The topological polar surface area (TPSA) is 59.1 Å². The summed E-state index contributed by atoms with van der Waals surface area (Å²) in [5.41, 5.74) is 4.33. The Kier molecular flexibility index (Phi) is 5.74. The van der Waals surface area contributed by atoms with Gasteiger partial charge in [-0.2, -0.15) is 0 Å². The van der Waals surface area contributed by atoms with E-state index in [-0.39, 0.29) is 18.2 Å². The van der Waals surface area contributed by atoms with Crippen molar-refractivity contribution in [2.75, 3.05) is 27.3 Å². The fraction of sp³-hybridized carbons (Fsp3) is 0.333. The molecule has 0 saturated carbocycles. The fourth-order valence-electron chi connectivity index (χ4n) is 4.04. The maximum Gasteiger partial charge on any atom is 0.230 e. The van der Waals surface area contributed by atoms with Gasteiger partial charge in [-0.05, 0) is 46.9 Å². The van der Waals surface area contributed by atoms with E-state index in [1.807, 2.05) is 35.2 Å². The Morgan fingerprint density at radius 3 is 2.53 bits per heavy atom. The number of nitrogens with zero attached hydrogens (tertiary/aromatic N) is 2. The van der Waals surface area contributed by atoms with E-state index in [1.165, 1.54) is 11.1 Å². The molecule has 4 rings (SSSR count). The van der Waals surface area contributed by atoms with Gasteiger partial charge in [0.2, 0.25) is 11.8 Å². The number of carbonyl (C=O) groups is 2. The van der Waals surface area contributed by atoms with Crippen molar-refractivity contribution in [1.29, 1.82) is 0 Å². The van der Waals surface area contributed by atoms with Gasteiger partial charge in [-0.1, -0.05) is 24.3 Å². The molecule has 0 aromatic heterocycles. The van der Waals surface area contributed by atoms with Crippen molar-refractivity contribution in [3.8, 4) is 11.5 Å². The van der Waals surface area contributed by atoms with Crippen LogP contribution in [0.3, 0.4) is 0 Å². The van der Waals surface area contributed by atoms with Crippen molar-refractivity contribution in [1.82, 2.24) is 9.80 Å². The van der Waals surface area contributed by atoms with Gasteiger partial charge in [-0.15, -0.1) is 0 Å². The molecular formula is C24H26N2O4. The average molecular weight is 406 g/mol. The SMILES string of the molecule is COc1cc2c(cc1OC)CC(=O)N(CCC(=O)N1CCc3ccccc3C1)C=C2. The number of fused-ring (bicyclic) bond motifs is 2. The number of amides is 2. The molecule has 0 N–H and O–H groups in total. The molecule has 6 heteroatoms. The van der Waals surface area contributed by atoms with Crippen LogP contribution >= 0.6 is 0 Å². The zero-order chi connectivity index (χ0) is 21.1. The molecule has 2 aliphatic heterocycles. The third-order valence-electron chi connectivity index (χ3n) is 5.79. The molecule has 2 amide bonds. The molecule has 2 aliphatic rings. The Labute approximate surface area is 176 Å². The molecule has 0 saturated heterocycles. The van der Waals surface area contributed by atoms with Crippen LogP contribution in [0.4, 0.5) is 0 Å². The number of benzene rings is 2. The third kappa shape index (κ3) is 4.03. The standard InChI is InChI=1S/C24H26N2O4/c1-29-21-13-18-8-10-25(24(28)15-20(18)14-22(21)30-2)12-9-23(27)26-11-7-17-5-3-4-6-19(17)16-26/h3-6,8,10,13-14H,7,9,11-12,15-16H2,1-2H3. The van der Waals surface area contributed by atoms with Crippen LogP contribution in [-0.4, -0.2) is 48.9 Å². The number of methoxy groups -OCH3 is 2. The van der Waals surface area contributed by atoms with E-state index in [4.69, 9.17) is 9.47 Å². The van der Waals surface area contributed by atoms with E-state index in [0.717, 1.165) is 24.1 Å². The molecule has 0 spiro atoms. The van der Waals surface area contributed by atoms with Crippen molar-refractivity contribution in [2.45, 2.75) is 25.8 Å². The van der Waals surface area contributed by atoms with Crippen LogP contribution in [0.5, 0.6) is 11.5 Å². The highest BCUT2D eigenvalue weighted by molar-refractivity contribution is 5.85. The van der Waals surface area contributed by atoms with E-state index in [9.17, 15) is 9.59 Å². The molecule has 156 valence electrons. The molecule has 2 aromatic carbocycles. The van der Waals surface area contributed by atoms with E-state index < -0.39 is 0 Å². The van der Waals surface area contributed by atoms with E-state index >= 15 is 0 Å². The van der Waals surface area contributed by atoms with Gasteiger partial charge in [0.1, 0.15) is 0 Å². The lowest BCUT2D eigenvalue weighted by molar-refractivity contribution is -0.133. The van der Waals surface area contributed by atoms with Gasteiger partial charge in [-0.3, -0.25) is 9.59 Å². The monoisotopic (exact) mass is 406 g/mol. The lowest BCUT2D eigenvalue weighted by Gasteiger charge is -2.29. The lowest BCUT2D eigenvalue weighted by Crippen LogP contribution is -2.38. The van der Waals surface area contributed by atoms with Gasteiger partial charge in [0, 0.05) is 32.3 Å². The second kappa shape index (κ2) is 8.61. The summed E-state index contributed by atoms with van der Waals surface area (Å²) in [7, 11) is 3.17. The van der Waals surface area contributed by atoms with Crippen LogP contribution in [-0.2, 0) is 29.0 Å². The number of ether oxygens (including phenoxy) is 2. The molecule has 0 atom stereocenters. The number of hydrogen-bond acceptors (Lipinski definition) is 4. The van der Waals surface area contributed by atoms with Gasteiger partial charge in [0.15, 0.2) is 11.5 Å². The van der Waals surface area contributed by atoms with Gasteiger partial charge in [0.05, 0.1) is 20.6 Å². The normalized spacial score (nSPS) is 15.3. The first-order valence-electron chi connectivity index (χ1n) is 10.2. The highest BCUT2D eigenvalue weighted by Gasteiger charge is 2.23. The zero-order valence-electron chi connectivity index (χ0n) is 17.4.